The third-order valence-electron chi connectivity index (χ3n) is 5.89. The summed E-state index contributed by atoms with van der Waals surface area (Å²) in [6.07, 6.45) is -0.306. The summed E-state index contributed by atoms with van der Waals surface area (Å²) in [6.45, 7) is 9.76. The molecular formula is C27H35N3O7S. The number of ether oxygens (including phenoxy) is 3. The van der Waals surface area contributed by atoms with Crippen molar-refractivity contribution in [1.82, 2.24) is 15.2 Å². The van der Waals surface area contributed by atoms with E-state index < -0.39 is 23.8 Å². The molecule has 11 heteroatoms. The second-order valence-corrected chi connectivity index (χ2v) is 11.2. The SMILES string of the molecule is COC(=O)c1csc([C@@H](C[C@@H](NC(=O)OC(C)(C)C)C(C)C)OCCCN2C(=O)c3ccccc3C2=O)n1. The van der Waals surface area contributed by atoms with Gasteiger partial charge < -0.3 is 19.5 Å². The molecule has 3 amide bonds. The third kappa shape index (κ3) is 7.38. The van der Waals surface area contributed by atoms with Crippen LogP contribution in [0, 0.1) is 5.92 Å². The van der Waals surface area contributed by atoms with Gasteiger partial charge in [0.2, 0.25) is 0 Å². The number of aromatic nitrogens is 1. The molecular weight excluding hydrogens is 510 g/mol. The van der Waals surface area contributed by atoms with Crippen LogP contribution in [0.25, 0.3) is 0 Å². The number of hydrogen-bond donors (Lipinski definition) is 1. The van der Waals surface area contributed by atoms with E-state index in [2.05, 4.69) is 10.3 Å². The number of esters is 1. The van der Waals surface area contributed by atoms with E-state index in [-0.39, 0.29) is 42.6 Å². The number of carbonyl (C=O) groups excluding carboxylic acids is 4. The topological polar surface area (TPSA) is 124 Å². The fraction of sp³-hybridized carbons (Fsp3) is 0.519. The fourth-order valence-electron chi connectivity index (χ4n) is 3.95. The number of methoxy groups -OCH3 is 1. The van der Waals surface area contributed by atoms with Crippen LogP contribution in [-0.2, 0) is 14.2 Å². The molecule has 1 aliphatic heterocycles. The normalized spacial score (nSPS) is 14.9. The predicted molar refractivity (Wildman–Crippen MR) is 141 cm³/mol. The van der Waals surface area contributed by atoms with Crippen LogP contribution < -0.4 is 5.32 Å². The maximum atomic E-state index is 12.6. The van der Waals surface area contributed by atoms with Crippen LogP contribution in [0.15, 0.2) is 29.6 Å². The Bertz CT molecular complexity index is 1140. The number of hydrogen-bond acceptors (Lipinski definition) is 9. The Balaban J connectivity index is 1.68. The zero-order valence-corrected chi connectivity index (χ0v) is 23.4. The molecule has 0 radical (unpaired) electrons. The number of nitrogens with one attached hydrogen (secondary N) is 1. The summed E-state index contributed by atoms with van der Waals surface area (Å²) in [5.41, 5.74) is 0.342. The minimum absolute atomic E-state index is 0.0482. The molecule has 1 aromatic carbocycles. The molecule has 1 aromatic heterocycles. The number of rotatable bonds is 11. The molecule has 0 fully saturated rings. The van der Waals surface area contributed by atoms with Crippen LogP contribution in [0.4, 0.5) is 4.79 Å². The number of carbonyl (C=O) groups is 4. The number of alkyl carbamates (subject to hydrolysis) is 1. The standard InChI is InChI=1S/C27H35N3O7S/c1-16(2)19(29-26(34)37-27(3,4)5)14-21(22-28-20(15-38-22)25(33)35-6)36-13-9-12-30-23(31)17-10-7-8-11-18(17)24(30)32/h7-8,10-11,15-16,19,21H,9,12-14H2,1-6H3,(H,29,34)/t19-,21-/m1/s1. The first kappa shape index (κ1) is 29.2. The second-order valence-electron chi connectivity index (χ2n) is 10.3. The van der Waals surface area contributed by atoms with Gasteiger partial charge in [0, 0.05) is 31.0 Å². The third-order valence-corrected chi connectivity index (χ3v) is 6.83. The lowest BCUT2D eigenvalue weighted by atomic mass is 9.98. The summed E-state index contributed by atoms with van der Waals surface area (Å²) >= 11 is 1.26. The number of benzene rings is 1. The van der Waals surface area contributed by atoms with Gasteiger partial charge in [-0.1, -0.05) is 26.0 Å². The van der Waals surface area contributed by atoms with Gasteiger partial charge in [-0.15, -0.1) is 11.3 Å². The molecule has 0 saturated carbocycles. The van der Waals surface area contributed by atoms with Crippen LogP contribution in [0.1, 0.15) is 89.8 Å². The van der Waals surface area contributed by atoms with Crippen LogP contribution in [-0.4, -0.2) is 65.7 Å². The number of imide groups is 1. The minimum Gasteiger partial charge on any atom is -0.464 e. The van der Waals surface area contributed by atoms with E-state index in [1.165, 1.54) is 23.3 Å². The lowest BCUT2D eigenvalue weighted by Crippen LogP contribution is -2.42. The summed E-state index contributed by atoms with van der Waals surface area (Å²) in [7, 11) is 1.29. The van der Waals surface area contributed by atoms with Crippen molar-refractivity contribution in [3.05, 3.63) is 51.5 Å². The lowest BCUT2D eigenvalue weighted by molar-refractivity contribution is 0.0236. The highest BCUT2D eigenvalue weighted by Gasteiger charge is 2.35. The van der Waals surface area contributed by atoms with E-state index in [1.54, 1.807) is 50.4 Å². The molecule has 1 aliphatic rings. The Morgan fingerprint density at radius 2 is 1.74 bits per heavy atom. The molecule has 10 nitrogen and oxygen atoms in total. The van der Waals surface area contributed by atoms with Gasteiger partial charge in [0.1, 0.15) is 16.7 Å². The fourth-order valence-corrected chi connectivity index (χ4v) is 4.80. The first-order valence-electron chi connectivity index (χ1n) is 12.5. The van der Waals surface area contributed by atoms with E-state index in [9.17, 15) is 19.2 Å². The van der Waals surface area contributed by atoms with E-state index in [1.807, 2.05) is 13.8 Å². The lowest BCUT2D eigenvalue weighted by Gasteiger charge is -2.28. The van der Waals surface area contributed by atoms with Crippen LogP contribution in [0.5, 0.6) is 0 Å². The van der Waals surface area contributed by atoms with Crippen molar-refractivity contribution in [2.75, 3.05) is 20.3 Å². The largest absolute Gasteiger partial charge is 0.464 e. The molecule has 0 bridgehead atoms. The quantitative estimate of drug-likeness (QED) is 0.247. The molecule has 2 atom stereocenters. The highest BCUT2D eigenvalue weighted by atomic mass is 32.1. The second kappa shape index (κ2) is 12.5. The van der Waals surface area contributed by atoms with E-state index in [0.717, 1.165) is 0 Å². The minimum atomic E-state index is -0.643. The molecule has 38 heavy (non-hydrogen) atoms. The number of fused-ring (bicyclic) bond motifs is 1. The molecule has 1 N–H and O–H groups in total. The average Bonchev–Trinajstić information content (AvgIpc) is 3.43. The number of nitrogens with zero attached hydrogens (tertiary/aromatic N) is 2. The van der Waals surface area contributed by atoms with Gasteiger partial charge >= 0.3 is 12.1 Å². The zero-order valence-electron chi connectivity index (χ0n) is 22.6. The van der Waals surface area contributed by atoms with Gasteiger partial charge in [0.15, 0.2) is 5.69 Å². The smallest absolute Gasteiger partial charge is 0.407 e. The summed E-state index contributed by atoms with van der Waals surface area (Å²) in [4.78, 5) is 55.3. The summed E-state index contributed by atoms with van der Waals surface area (Å²) in [5, 5.41) is 5.07. The van der Waals surface area contributed by atoms with Gasteiger partial charge in [0.05, 0.1) is 18.2 Å². The summed E-state index contributed by atoms with van der Waals surface area (Å²) in [5.74, 6) is -1.13. The van der Waals surface area contributed by atoms with Crippen molar-refractivity contribution in [3.63, 3.8) is 0 Å². The van der Waals surface area contributed by atoms with Gasteiger partial charge in [-0.2, -0.15) is 0 Å². The van der Waals surface area contributed by atoms with Crippen molar-refractivity contribution in [2.24, 2.45) is 5.92 Å². The number of thiazole rings is 1. The summed E-state index contributed by atoms with van der Waals surface area (Å²) < 4.78 is 16.4. The van der Waals surface area contributed by atoms with Gasteiger partial charge in [-0.05, 0) is 45.2 Å². The molecule has 2 heterocycles. The van der Waals surface area contributed by atoms with E-state index >= 15 is 0 Å². The van der Waals surface area contributed by atoms with Crippen LogP contribution >= 0.6 is 11.3 Å². The predicted octanol–water partition coefficient (Wildman–Crippen LogP) is 4.61. The molecule has 3 rings (SSSR count). The highest BCUT2D eigenvalue weighted by Crippen LogP contribution is 2.29. The Labute approximate surface area is 226 Å². The van der Waals surface area contributed by atoms with Crippen molar-refractivity contribution in [2.45, 2.75) is 65.2 Å². The molecule has 0 aliphatic carbocycles. The van der Waals surface area contributed by atoms with Crippen LogP contribution in [0.3, 0.4) is 0 Å². The molecule has 206 valence electrons. The monoisotopic (exact) mass is 545 g/mol. The maximum Gasteiger partial charge on any atom is 0.407 e. The number of amides is 3. The first-order valence-corrected chi connectivity index (χ1v) is 13.4. The molecule has 2 aromatic rings. The molecule has 0 spiro atoms. The van der Waals surface area contributed by atoms with Crippen molar-refractivity contribution >= 4 is 35.2 Å². The molecule has 0 saturated heterocycles. The van der Waals surface area contributed by atoms with E-state index in [0.29, 0.717) is 29.0 Å². The Morgan fingerprint density at radius 1 is 1.11 bits per heavy atom. The average molecular weight is 546 g/mol. The van der Waals surface area contributed by atoms with Gasteiger partial charge in [0.25, 0.3) is 11.8 Å². The Hall–Kier alpha value is -3.31. The van der Waals surface area contributed by atoms with Gasteiger partial charge in [-0.3, -0.25) is 14.5 Å². The van der Waals surface area contributed by atoms with E-state index in [4.69, 9.17) is 14.2 Å². The summed E-state index contributed by atoms with van der Waals surface area (Å²) in [6, 6.07) is 6.44. The van der Waals surface area contributed by atoms with Crippen molar-refractivity contribution in [1.29, 1.82) is 0 Å². The van der Waals surface area contributed by atoms with Crippen LogP contribution in [0.2, 0.25) is 0 Å². The Morgan fingerprint density at radius 3 is 2.29 bits per heavy atom. The zero-order chi connectivity index (χ0) is 28.0. The molecule has 0 unspecified atom stereocenters. The van der Waals surface area contributed by atoms with Crippen molar-refractivity contribution < 1.29 is 33.4 Å². The van der Waals surface area contributed by atoms with Gasteiger partial charge in [-0.25, -0.2) is 14.6 Å². The van der Waals surface area contributed by atoms with Crippen molar-refractivity contribution in [3.8, 4) is 0 Å². The first-order chi connectivity index (χ1) is 17.9. The highest BCUT2D eigenvalue weighted by molar-refractivity contribution is 7.09. The maximum absolute atomic E-state index is 12.6. The Kier molecular flexibility index (Phi) is 9.61.